The van der Waals surface area contributed by atoms with Crippen LogP contribution in [0, 0.1) is 10.1 Å². The number of non-ortho nitro benzene ring substituents is 1. The van der Waals surface area contributed by atoms with Crippen molar-refractivity contribution in [1.82, 2.24) is 15.6 Å². The number of aromatic amines is 2. The van der Waals surface area contributed by atoms with Gasteiger partial charge in [0, 0.05) is 29.5 Å². The van der Waals surface area contributed by atoms with Crippen LogP contribution in [-0.2, 0) is 11.2 Å². The van der Waals surface area contributed by atoms with E-state index < -0.39 is 10.8 Å². The van der Waals surface area contributed by atoms with Crippen LogP contribution in [0.15, 0.2) is 40.2 Å². The fourth-order valence-electron chi connectivity index (χ4n) is 1.74. The molecule has 0 spiro atoms. The van der Waals surface area contributed by atoms with Crippen molar-refractivity contribution in [3.63, 3.8) is 0 Å². The minimum atomic E-state index is -0.502. The number of hydrazone groups is 1. The van der Waals surface area contributed by atoms with Crippen molar-refractivity contribution in [2.45, 2.75) is 13.3 Å². The van der Waals surface area contributed by atoms with E-state index in [0.717, 1.165) is 0 Å². The SMILES string of the molecule is CC(=NNC(=O)Cc1cc(=O)[nH][nH]1)c1cccc([N+](=O)[O-])c1. The lowest BCUT2D eigenvalue weighted by Gasteiger charge is -2.02. The minimum Gasteiger partial charge on any atom is -0.302 e. The van der Waals surface area contributed by atoms with Gasteiger partial charge in [-0.25, -0.2) is 5.43 Å². The topological polar surface area (TPSA) is 133 Å². The molecule has 2 aromatic rings. The Morgan fingerprint density at radius 1 is 1.36 bits per heavy atom. The van der Waals surface area contributed by atoms with Crippen molar-refractivity contribution >= 4 is 17.3 Å². The van der Waals surface area contributed by atoms with Crippen LogP contribution in [0.5, 0.6) is 0 Å². The molecule has 22 heavy (non-hydrogen) atoms. The maximum absolute atomic E-state index is 11.7. The van der Waals surface area contributed by atoms with Crippen molar-refractivity contribution in [2.24, 2.45) is 5.10 Å². The molecule has 0 unspecified atom stereocenters. The number of H-pyrrole nitrogens is 2. The van der Waals surface area contributed by atoms with Crippen molar-refractivity contribution in [3.05, 3.63) is 62.1 Å². The molecular formula is C13H13N5O4. The van der Waals surface area contributed by atoms with Crippen LogP contribution in [0.25, 0.3) is 0 Å². The van der Waals surface area contributed by atoms with Gasteiger partial charge in [0.2, 0.25) is 5.91 Å². The van der Waals surface area contributed by atoms with Gasteiger partial charge in [-0.2, -0.15) is 5.10 Å². The largest absolute Gasteiger partial charge is 0.302 e. The molecule has 9 nitrogen and oxygen atoms in total. The number of benzene rings is 1. The highest BCUT2D eigenvalue weighted by Crippen LogP contribution is 2.13. The first kappa shape index (κ1) is 15.2. The highest BCUT2D eigenvalue weighted by Gasteiger charge is 2.08. The summed E-state index contributed by atoms with van der Waals surface area (Å²) in [5.74, 6) is -0.417. The van der Waals surface area contributed by atoms with E-state index in [9.17, 15) is 19.7 Å². The minimum absolute atomic E-state index is 0.0372. The van der Waals surface area contributed by atoms with E-state index in [2.05, 4.69) is 20.7 Å². The molecular weight excluding hydrogens is 290 g/mol. The summed E-state index contributed by atoms with van der Waals surface area (Å²) in [4.78, 5) is 32.8. The van der Waals surface area contributed by atoms with Crippen LogP contribution in [-0.4, -0.2) is 26.7 Å². The summed E-state index contributed by atoms with van der Waals surface area (Å²) < 4.78 is 0. The van der Waals surface area contributed by atoms with E-state index >= 15 is 0 Å². The Bertz CT molecular complexity index is 789. The van der Waals surface area contributed by atoms with Gasteiger partial charge in [-0.3, -0.25) is 24.8 Å². The van der Waals surface area contributed by atoms with E-state index in [1.807, 2.05) is 0 Å². The predicted octanol–water partition coefficient (Wildman–Crippen LogP) is 0.694. The number of carbonyl (C=O) groups is 1. The van der Waals surface area contributed by atoms with E-state index in [-0.39, 0.29) is 17.7 Å². The molecule has 0 aliphatic heterocycles. The third kappa shape index (κ3) is 3.88. The highest BCUT2D eigenvalue weighted by molar-refractivity contribution is 5.99. The number of rotatable bonds is 5. The van der Waals surface area contributed by atoms with Gasteiger partial charge in [-0.05, 0) is 6.92 Å². The molecule has 0 bridgehead atoms. The first-order valence-corrected chi connectivity index (χ1v) is 6.30. The molecule has 0 aliphatic carbocycles. The second kappa shape index (κ2) is 6.48. The average molecular weight is 303 g/mol. The van der Waals surface area contributed by atoms with Crippen molar-refractivity contribution in [3.8, 4) is 0 Å². The normalized spacial score (nSPS) is 11.2. The molecule has 0 fully saturated rings. The third-order valence-corrected chi connectivity index (χ3v) is 2.83. The number of amides is 1. The first-order valence-electron chi connectivity index (χ1n) is 6.30. The Morgan fingerprint density at radius 3 is 2.77 bits per heavy atom. The highest BCUT2D eigenvalue weighted by atomic mass is 16.6. The number of nitro groups is 1. The molecule has 0 saturated carbocycles. The van der Waals surface area contributed by atoms with Gasteiger partial charge in [-0.1, -0.05) is 12.1 Å². The zero-order valence-electron chi connectivity index (χ0n) is 11.6. The number of nitro benzene ring substituents is 1. The molecule has 114 valence electrons. The van der Waals surface area contributed by atoms with E-state index in [1.54, 1.807) is 19.1 Å². The van der Waals surface area contributed by atoms with Gasteiger partial charge in [0.05, 0.1) is 17.1 Å². The third-order valence-electron chi connectivity index (χ3n) is 2.83. The van der Waals surface area contributed by atoms with Crippen LogP contribution in [0.1, 0.15) is 18.2 Å². The Labute approximate surface area is 124 Å². The van der Waals surface area contributed by atoms with Gasteiger partial charge in [-0.15, -0.1) is 0 Å². The predicted molar refractivity (Wildman–Crippen MR) is 78.6 cm³/mol. The summed E-state index contributed by atoms with van der Waals surface area (Å²) in [5, 5.41) is 19.5. The molecule has 0 saturated heterocycles. The summed E-state index contributed by atoms with van der Waals surface area (Å²) in [7, 11) is 0. The fraction of sp³-hybridized carbons (Fsp3) is 0.154. The van der Waals surface area contributed by atoms with Crippen LogP contribution in [0.3, 0.4) is 0 Å². The maximum Gasteiger partial charge on any atom is 0.270 e. The van der Waals surface area contributed by atoms with Crippen LogP contribution in [0.4, 0.5) is 5.69 Å². The molecule has 1 aromatic carbocycles. The second-order valence-electron chi connectivity index (χ2n) is 4.50. The molecule has 9 heteroatoms. The zero-order valence-corrected chi connectivity index (χ0v) is 11.6. The quantitative estimate of drug-likeness (QED) is 0.425. The van der Waals surface area contributed by atoms with Crippen molar-refractivity contribution in [2.75, 3.05) is 0 Å². The second-order valence-corrected chi connectivity index (χ2v) is 4.50. The Morgan fingerprint density at radius 2 is 2.14 bits per heavy atom. The summed E-state index contributed by atoms with van der Waals surface area (Å²) >= 11 is 0. The van der Waals surface area contributed by atoms with Gasteiger partial charge in [0.15, 0.2) is 0 Å². The monoisotopic (exact) mass is 303 g/mol. The molecule has 3 N–H and O–H groups in total. The number of nitrogens with one attached hydrogen (secondary N) is 3. The molecule has 0 atom stereocenters. The van der Waals surface area contributed by atoms with E-state index in [1.165, 1.54) is 18.2 Å². The number of aromatic nitrogens is 2. The molecule has 1 amide bonds. The number of hydrogen-bond acceptors (Lipinski definition) is 5. The number of carbonyl (C=O) groups excluding carboxylic acids is 1. The van der Waals surface area contributed by atoms with E-state index in [0.29, 0.717) is 17.0 Å². The summed E-state index contributed by atoms with van der Waals surface area (Å²) in [5.41, 5.74) is 3.36. The van der Waals surface area contributed by atoms with Gasteiger partial charge in [0.1, 0.15) is 0 Å². The molecule has 2 rings (SSSR count). The lowest BCUT2D eigenvalue weighted by molar-refractivity contribution is -0.384. The maximum atomic E-state index is 11.7. The first-order chi connectivity index (χ1) is 10.5. The molecule has 1 aromatic heterocycles. The Kier molecular flexibility index (Phi) is 4.47. The number of hydrogen-bond donors (Lipinski definition) is 3. The summed E-state index contributed by atoms with van der Waals surface area (Å²) in [6, 6.07) is 7.21. The van der Waals surface area contributed by atoms with Gasteiger partial charge in [0.25, 0.3) is 11.2 Å². The average Bonchev–Trinajstić information content (AvgIpc) is 2.90. The van der Waals surface area contributed by atoms with Crippen molar-refractivity contribution < 1.29 is 9.72 Å². The van der Waals surface area contributed by atoms with Crippen molar-refractivity contribution in [1.29, 1.82) is 0 Å². The number of nitrogens with zero attached hydrogens (tertiary/aromatic N) is 2. The smallest absolute Gasteiger partial charge is 0.270 e. The Hall–Kier alpha value is -3.23. The van der Waals surface area contributed by atoms with E-state index in [4.69, 9.17) is 0 Å². The van der Waals surface area contributed by atoms with Gasteiger partial charge >= 0.3 is 0 Å². The molecule has 0 radical (unpaired) electrons. The lowest BCUT2D eigenvalue weighted by atomic mass is 10.1. The zero-order chi connectivity index (χ0) is 16.1. The molecule has 0 aliphatic rings. The standard InChI is InChI=1S/C13H13N5O4/c1-8(9-3-2-4-11(5-9)18(21)22)14-16-12(19)6-10-7-13(20)17-15-10/h2-5,7H,6H2,1H3,(H,16,19)(H2,15,17,20). The van der Waals surface area contributed by atoms with Crippen LogP contribution in [0.2, 0.25) is 0 Å². The molecule has 1 heterocycles. The van der Waals surface area contributed by atoms with Gasteiger partial charge < -0.3 is 5.10 Å². The lowest BCUT2D eigenvalue weighted by Crippen LogP contribution is -2.21. The van der Waals surface area contributed by atoms with Crippen LogP contribution < -0.4 is 11.0 Å². The fourth-order valence-corrected chi connectivity index (χ4v) is 1.74. The summed E-state index contributed by atoms with van der Waals surface area (Å²) in [6.45, 7) is 1.62. The van der Waals surface area contributed by atoms with Crippen LogP contribution >= 0.6 is 0 Å². The Balaban J connectivity index is 2.03. The summed E-state index contributed by atoms with van der Waals surface area (Å²) in [6.07, 6.45) is -0.0372.